The van der Waals surface area contributed by atoms with Crippen molar-refractivity contribution < 1.29 is 13.2 Å². The van der Waals surface area contributed by atoms with Crippen LogP contribution in [0.3, 0.4) is 0 Å². The van der Waals surface area contributed by atoms with Gasteiger partial charge in [0.25, 0.3) is 5.91 Å². The molecule has 1 amide bonds. The highest BCUT2D eigenvalue weighted by Crippen LogP contribution is 2.29. The molecule has 0 saturated carbocycles. The summed E-state index contributed by atoms with van der Waals surface area (Å²) in [5.74, 6) is -0.345. The Morgan fingerprint density at radius 3 is 2.41 bits per heavy atom. The number of carbonyl (C=O) groups excluding carboxylic acids is 1. The molecule has 8 heteroatoms. The summed E-state index contributed by atoms with van der Waals surface area (Å²) < 4.78 is 28.4. The quantitative estimate of drug-likeness (QED) is 0.538. The van der Waals surface area contributed by atoms with Crippen molar-refractivity contribution in [1.82, 2.24) is 14.5 Å². The van der Waals surface area contributed by atoms with E-state index in [0.29, 0.717) is 26.1 Å². The SMILES string of the molecule is O=C(NCc1ccccc1CN1CCCC1)c1sccc1S(=O)(=O)N1CCc2ccccc2C1. The largest absolute Gasteiger partial charge is 0.347 e. The molecule has 2 aliphatic rings. The lowest BCUT2D eigenvalue weighted by Crippen LogP contribution is -2.36. The fourth-order valence-corrected chi connectivity index (χ4v) is 7.54. The van der Waals surface area contributed by atoms with Gasteiger partial charge in [0.05, 0.1) is 0 Å². The highest BCUT2D eigenvalue weighted by Gasteiger charge is 2.32. The molecule has 0 unspecified atom stereocenters. The van der Waals surface area contributed by atoms with Crippen molar-refractivity contribution in [2.24, 2.45) is 0 Å². The van der Waals surface area contributed by atoms with Crippen molar-refractivity contribution in [3.05, 3.63) is 87.1 Å². The van der Waals surface area contributed by atoms with Crippen LogP contribution in [0, 0.1) is 0 Å². The average Bonchev–Trinajstić information content (AvgIpc) is 3.56. The van der Waals surface area contributed by atoms with Gasteiger partial charge >= 0.3 is 0 Å². The minimum absolute atomic E-state index is 0.0970. The Kier molecular flexibility index (Phi) is 6.83. The van der Waals surface area contributed by atoms with Crippen molar-refractivity contribution >= 4 is 27.3 Å². The number of amides is 1. The van der Waals surface area contributed by atoms with E-state index in [9.17, 15) is 13.2 Å². The summed E-state index contributed by atoms with van der Waals surface area (Å²) in [6, 6.07) is 17.6. The van der Waals surface area contributed by atoms with E-state index in [1.807, 2.05) is 42.5 Å². The zero-order valence-electron chi connectivity index (χ0n) is 19.1. The fourth-order valence-electron chi connectivity index (χ4n) is 4.80. The van der Waals surface area contributed by atoms with Crippen molar-refractivity contribution in [2.45, 2.75) is 43.8 Å². The van der Waals surface area contributed by atoms with Gasteiger partial charge in [0, 0.05) is 26.2 Å². The predicted octanol–water partition coefficient (Wildman–Crippen LogP) is 4.02. The number of likely N-dealkylation sites (tertiary alicyclic amines) is 1. The van der Waals surface area contributed by atoms with E-state index in [4.69, 9.17) is 0 Å². The monoisotopic (exact) mass is 495 g/mol. The number of benzene rings is 2. The first-order valence-electron chi connectivity index (χ1n) is 11.7. The second kappa shape index (κ2) is 10.00. The molecule has 0 bridgehead atoms. The van der Waals surface area contributed by atoms with Gasteiger partial charge in [-0.05, 0) is 66.1 Å². The molecule has 2 aliphatic heterocycles. The number of rotatable bonds is 7. The first-order valence-corrected chi connectivity index (χ1v) is 14.1. The summed E-state index contributed by atoms with van der Waals surface area (Å²) >= 11 is 1.17. The van der Waals surface area contributed by atoms with Crippen LogP contribution in [-0.4, -0.2) is 43.2 Å². The first-order chi connectivity index (χ1) is 16.5. The Balaban J connectivity index is 1.30. The lowest BCUT2D eigenvalue weighted by molar-refractivity contribution is 0.0951. The molecule has 6 nitrogen and oxygen atoms in total. The minimum atomic E-state index is -3.77. The maximum atomic E-state index is 13.5. The second-order valence-electron chi connectivity index (χ2n) is 8.91. The van der Waals surface area contributed by atoms with Crippen molar-refractivity contribution in [2.75, 3.05) is 19.6 Å². The topological polar surface area (TPSA) is 69.7 Å². The Labute approximate surface area is 205 Å². The van der Waals surface area contributed by atoms with Crippen LogP contribution in [0.4, 0.5) is 0 Å². The molecule has 1 saturated heterocycles. The van der Waals surface area contributed by atoms with Crippen molar-refractivity contribution in [3.8, 4) is 0 Å². The van der Waals surface area contributed by atoms with Gasteiger partial charge in [-0.25, -0.2) is 8.42 Å². The third-order valence-electron chi connectivity index (χ3n) is 6.70. The van der Waals surface area contributed by atoms with Crippen molar-refractivity contribution in [1.29, 1.82) is 0 Å². The molecular weight excluding hydrogens is 466 g/mol. The molecule has 0 aliphatic carbocycles. The number of sulfonamides is 1. The molecule has 0 spiro atoms. The lowest BCUT2D eigenvalue weighted by atomic mass is 10.0. The third-order valence-corrected chi connectivity index (χ3v) is 9.63. The number of nitrogens with zero attached hydrogens (tertiary/aromatic N) is 2. The van der Waals surface area contributed by atoms with Gasteiger partial charge in [-0.1, -0.05) is 48.5 Å². The van der Waals surface area contributed by atoms with E-state index in [2.05, 4.69) is 16.3 Å². The summed E-state index contributed by atoms with van der Waals surface area (Å²) in [5, 5.41) is 4.65. The van der Waals surface area contributed by atoms with E-state index in [1.54, 1.807) is 11.4 Å². The molecule has 3 aromatic rings. The first kappa shape index (κ1) is 23.2. The molecule has 178 valence electrons. The third kappa shape index (κ3) is 4.81. The molecule has 34 heavy (non-hydrogen) atoms. The van der Waals surface area contributed by atoms with Crippen LogP contribution in [0.1, 0.15) is 44.8 Å². The van der Waals surface area contributed by atoms with E-state index >= 15 is 0 Å². The summed E-state index contributed by atoms with van der Waals surface area (Å²) in [4.78, 5) is 15.9. The molecule has 1 aromatic heterocycles. The highest BCUT2D eigenvalue weighted by molar-refractivity contribution is 7.89. The highest BCUT2D eigenvalue weighted by atomic mass is 32.2. The van der Waals surface area contributed by atoms with E-state index in [-0.39, 0.29) is 15.7 Å². The van der Waals surface area contributed by atoms with Crippen LogP contribution in [0.5, 0.6) is 0 Å². The molecule has 0 radical (unpaired) electrons. The van der Waals surface area contributed by atoms with Gasteiger partial charge in [-0.3, -0.25) is 9.69 Å². The molecule has 3 heterocycles. The average molecular weight is 496 g/mol. The van der Waals surface area contributed by atoms with Crippen molar-refractivity contribution in [3.63, 3.8) is 0 Å². The van der Waals surface area contributed by atoms with E-state index < -0.39 is 10.0 Å². The van der Waals surface area contributed by atoms with Crippen LogP contribution in [0.15, 0.2) is 64.9 Å². The Hall–Kier alpha value is -2.52. The zero-order valence-corrected chi connectivity index (χ0v) is 20.7. The lowest BCUT2D eigenvalue weighted by Gasteiger charge is -2.28. The predicted molar refractivity (Wildman–Crippen MR) is 134 cm³/mol. The fraction of sp³-hybridized carbons (Fsp3) is 0.346. The zero-order chi connectivity index (χ0) is 23.5. The summed E-state index contributed by atoms with van der Waals surface area (Å²) in [6.07, 6.45) is 3.14. The smallest absolute Gasteiger partial charge is 0.263 e. The van der Waals surface area contributed by atoms with E-state index in [0.717, 1.165) is 30.8 Å². The van der Waals surface area contributed by atoms with Crippen LogP contribution in [0.25, 0.3) is 0 Å². The van der Waals surface area contributed by atoms with E-state index in [1.165, 1.54) is 39.6 Å². The molecule has 2 aromatic carbocycles. The molecule has 0 atom stereocenters. The number of hydrogen-bond acceptors (Lipinski definition) is 5. The summed E-state index contributed by atoms with van der Waals surface area (Å²) in [7, 11) is -3.77. The Morgan fingerprint density at radius 1 is 0.912 bits per heavy atom. The normalized spacial score (nSPS) is 16.9. The Morgan fingerprint density at radius 2 is 1.62 bits per heavy atom. The number of fused-ring (bicyclic) bond motifs is 1. The number of thiophene rings is 1. The van der Waals surface area contributed by atoms with Gasteiger partial charge in [0.15, 0.2) is 0 Å². The molecular formula is C26H29N3O3S2. The Bertz CT molecular complexity index is 1280. The summed E-state index contributed by atoms with van der Waals surface area (Å²) in [6.45, 7) is 4.22. The van der Waals surface area contributed by atoms with Gasteiger partial charge in [-0.15, -0.1) is 11.3 Å². The summed E-state index contributed by atoms with van der Waals surface area (Å²) in [5.41, 5.74) is 4.48. The van der Waals surface area contributed by atoms with Gasteiger partial charge in [0.1, 0.15) is 9.77 Å². The van der Waals surface area contributed by atoms with Crippen LogP contribution >= 0.6 is 11.3 Å². The van der Waals surface area contributed by atoms with Crippen LogP contribution < -0.4 is 5.32 Å². The maximum absolute atomic E-state index is 13.5. The standard InChI is InChI=1S/C26H29N3O3S2/c30-26(27-17-21-8-2-4-9-22(21)18-28-13-5-6-14-28)25-24(12-16-33-25)34(31,32)29-15-11-20-7-1-3-10-23(20)19-29/h1-4,7-10,12,16H,5-6,11,13-15,17-19H2,(H,27,30). The molecule has 1 fully saturated rings. The van der Waals surface area contributed by atoms with Crippen LogP contribution in [-0.2, 0) is 36.1 Å². The maximum Gasteiger partial charge on any atom is 0.263 e. The molecule has 1 N–H and O–H groups in total. The number of hydrogen-bond donors (Lipinski definition) is 1. The molecule has 5 rings (SSSR count). The number of nitrogens with one attached hydrogen (secondary N) is 1. The minimum Gasteiger partial charge on any atom is -0.347 e. The van der Waals surface area contributed by atoms with Gasteiger partial charge in [-0.2, -0.15) is 4.31 Å². The number of carbonyl (C=O) groups is 1. The van der Waals surface area contributed by atoms with Gasteiger partial charge < -0.3 is 5.32 Å². The van der Waals surface area contributed by atoms with Gasteiger partial charge in [0.2, 0.25) is 10.0 Å². The second-order valence-corrected chi connectivity index (χ2v) is 11.7. The van der Waals surface area contributed by atoms with Crippen LogP contribution in [0.2, 0.25) is 0 Å².